The Morgan fingerprint density at radius 1 is 1.31 bits per heavy atom. The molecule has 0 aromatic carbocycles. The van der Waals surface area contributed by atoms with Crippen LogP contribution >= 0.6 is 0 Å². The Balaban J connectivity index is 2.78. The molecule has 72 valence electrons. The maximum absolute atomic E-state index is 9.26. The highest BCUT2D eigenvalue weighted by Crippen LogP contribution is 2.22. The van der Waals surface area contributed by atoms with Gasteiger partial charge in [-0.15, -0.1) is 0 Å². The van der Waals surface area contributed by atoms with Gasteiger partial charge in [0, 0.05) is 0 Å². The molecule has 1 aliphatic rings. The highest BCUT2D eigenvalue weighted by molar-refractivity contribution is 6.17. The van der Waals surface area contributed by atoms with E-state index in [0.717, 1.165) is 5.98 Å². The van der Waals surface area contributed by atoms with Gasteiger partial charge in [0.15, 0.2) is 0 Å². The lowest BCUT2D eigenvalue weighted by molar-refractivity contribution is -0.164. The monoisotopic (exact) mass is 186 g/mol. The summed E-state index contributed by atoms with van der Waals surface area (Å²) in [5, 5.41) is 36.5. The minimum Gasteiger partial charge on any atom is -0.488 e. The molecular formula is C7H11BO5. The molecule has 5 nitrogen and oxygen atoms in total. The molecule has 13 heavy (non-hydrogen) atoms. The summed E-state index contributed by atoms with van der Waals surface area (Å²) in [5.74, 6) is 0.944. The van der Waals surface area contributed by atoms with Crippen LogP contribution in [0.25, 0.3) is 0 Å². The van der Waals surface area contributed by atoms with Gasteiger partial charge in [0.05, 0.1) is 6.61 Å². The van der Waals surface area contributed by atoms with Crippen molar-refractivity contribution in [2.24, 2.45) is 0 Å². The smallest absolute Gasteiger partial charge is 0.150 e. The van der Waals surface area contributed by atoms with E-state index in [2.05, 4.69) is 0 Å². The van der Waals surface area contributed by atoms with Gasteiger partial charge in [0.1, 0.15) is 38.0 Å². The fourth-order valence-corrected chi connectivity index (χ4v) is 1.17. The maximum Gasteiger partial charge on any atom is 0.150 e. The van der Waals surface area contributed by atoms with Crippen LogP contribution in [0.4, 0.5) is 0 Å². The average molecular weight is 186 g/mol. The zero-order valence-corrected chi connectivity index (χ0v) is 6.87. The van der Waals surface area contributed by atoms with E-state index >= 15 is 0 Å². The summed E-state index contributed by atoms with van der Waals surface area (Å²) in [7, 11) is 5.10. The minimum absolute atomic E-state index is 0.0446. The molecule has 0 aliphatic carbocycles. The summed E-state index contributed by atoms with van der Waals surface area (Å²) in [6.07, 6.45) is -5.00. The first-order valence-electron chi connectivity index (χ1n) is 3.85. The number of aliphatic hydroxyl groups excluding tert-OH is 4. The van der Waals surface area contributed by atoms with Crippen LogP contribution in [0.2, 0.25) is 0 Å². The van der Waals surface area contributed by atoms with Crippen LogP contribution in [0.3, 0.4) is 0 Å². The van der Waals surface area contributed by atoms with Crippen molar-refractivity contribution in [1.82, 2.24) is 0 Å². The van der Waals surface area contributed by atoms with Crippen molar-refractivity contribution in [3.63, 3.8) is 0 Å². The quantitative estimate of drug-likeness (QED) is 0.339. The topological polar surface area (TPSA) is 90.2 Å². The van der Waals surface area contributed by atoms with Gasteiger partial charge in [-0.05, 0) is 0 Å². The second-order valence-electron chi connectivity index (χ2n) is 2.83. The first-order chi connectivity index (χ1) is 6.11. The van der Waals surface area contributed by atoms with E-state index in [9.17, 15) is 15.3 Å². The Hall–Kier alpha value is -0.555. The second kappa shape index (κ2) is 4.10. The van der Waals surface area contributed by atoms with Crippen molar-refractivity contribution < 1.29 is 25.2 Å². The summed E-state index contributed by atoms with van der Waals surface area (Å²) in [6.45, 7) is -0.456. The number of hydrogen-bond acceptors (Lipinski definition) is 5. The molecule has 0 aromatic heterocycles. The van der Waals surface area contributed by atoms with Crippen LogP contribution < -0.4 is 0 Å². The predicted molar refractivity (Wildman–Crippen MR) is 43.8 cm³/mol. The van der Waals surface area contributed by atoms with Crippen molar-refractivity contribution in [3.8, 4) is 0 Å². The van der Waals surface area contributed by atoms with E-state index in [0.29, 0.717) is 0 Å². The van der Waals surface area contributed by atoms with Crippen molar-refractivity contribution in [2.45, 2.75) is 24.4 Å². The number of ether oxygens (including phenoxy) is 1. The van der Waals surface area contributed by atoms with Gasteiger partial charge in [0.2, 0.25) is 0 Å². The fourth-order valence-electron chi connectivity index (χ4n) is 1.17. The van der Waals surface area contributed by atoms with Crippen molar-refractivity contribution in [1.29, 1.82) is 0 Å². The molecule has 6 heteroatoms. The van der Waals surface area contributed by atoms with Gasteiger partial charge in [-0.25, -0.2) is 0 Å². The third kappa shape index (κ3) is 1.86. The molecule has 1 heterocycles. The minimum atomic E-state index is -1.39. The van der Waals surface area contributed by atoms with Gasteiger partial charge in [-0.1, -0.05) is 5.98 Å². The summed E-state index contributed by atoms with van der Waals surface area (Å²) < 4.78 is 4.91. The van der Waals surface area contributed by atoms with Crippen molar-refractivity contribution >= 4 is 7.85 Å². The fraction of sp³-hybridized carbons (Fsp3) is 0.714. The molecular weight excluding hydrogens is 175 g/mol. The number of aliphatic hydroxyl groups is 4. The molecule has 2 radical (unpaired) electrons. The third-order valence-corrected chi connectivity index (χ3v) is 1.98. The Bertz CT molecular complexity index is 205. The molecule has 1 saturated heterocycles. The molecule has 4 N–H and O–H groups in total. The Morgan fingerprint density at radius 3 is 2.38 bits per heavy atom. The van der Waals surface area contributed by atoms with Crippen LogP contribution in [0.15, 0.2) is 11.7 Å². The van der Waals surface area contributed by atoms with Gasteiger partial charge in [0.25, 0.3) is 0 Å². The number of rotatable bonds is 1. The first kappa shape index (κ1) is 10.5. The summed E-state index contributed by atoms with van der Waals surface area (Å²) in [4.78, 5) is 0. The Morgan fingerprint density at radius 2 is 1.92 bits per heavy atom. The van der Waals surface area contributed by atoms with E-state index < -0.39 is 31.0 Å². The molecule has 1 aliphatic heterocycles. The molecule has 0 bridgehead atoms. The van der Waals surface area contributed by atoms with Gasteiger partial charge >= 0.3 is 0 Å². The molecule has 0 saturated carbocycles. The summed E-state index contributed by atoms with van der Waals surface area (Å²) >= 11 is 0. The molecule has 0 amide bonds. The van der Waals surface area contributed by atoms with Crippen LogP contribution in [0.1, 0.15) is 0 Å². The van der Waals surface area contributed by atoms with Crippen molar-refractivity contribution in [2.75, 3.05) is 6.61 Å². The maximum atomic E-state index is 9.26. The standard InChI is InChI=1S/C7H11BO5/c8-1-3-5(10)7(12)6(11)4(2-9)13-3/h1,4-7,9-12H,2H2/b3-1-/t4?,5?,6-,7?/m0/s1. The van der Waals surface area contributed by atoms with Crippen LogP contribution in [-0.4, -0.2) is 59.3 Å². The Labute approximate surface area is 76.7 Å². The third-order valence-electron chi connectivity index (χ3n) is 1.98. The normalized spacial score (nSPS) is 43.2. The zero-order chi connectivity index (χ0) is 10.0. The lowest BCUT2D eigenvalue weighted by Crippen LogP contribution is -2.53. The van der Waals surface area contributed by atoms with Crippen LogP contribution in [0.5, 0.6) is 0 Å². The van der Waals surface area contributed by atoms with E-state index in [1.807, 2.05) is 0 Å². The van der Waals surface area contributed by atoms with Crippen LogP contribution in [-0.2, 0) is 4.74 Å². The molecule has 0 aromatic rings. The van der Waals surface area contributed by atoms with Gasteiger partial charge in [-0.3, -0.25) is 0 Å². The SMILES string of the molecule is [B]/C=C1\OC(CO)[C@H](O)C(O)C1O. The van der Waals surface area contributed by atoms with Gasteiger partial charge in [-0.2, -0.15) is 0 Å². The lowest BCUT2D eigenvalue weighted by Gasteiger charge is -2.36. The molecule has 1 fully saturated rings. The zero-order valence-electron chi connectivity index (χ0n) is 6.87. The molecule has 4 atom stereocenters. The molecule has 1 rings (SSSR count). The van der Waals surface area contributed by atoms with E-state index in [-0.39, 0.29) is 5.76 Å². The number of hydrogen-bond donors (Lipinski definition) is 4. The van der Waals surface area contributed by atoms with E-state index in [1.165, 1.54) is 0 Å². The lowest BCUT2D eigenvalue weighted by atomic mass is 9.95. The van der Waals surface area contributed by atoms with E-state index in [4.69, 9.17) is 17.7 Å². The van der Waals surface area contributed by atoms with Gasteiger partial charge < -0.3 is 25.2 Å². The van der Waals surface area contributed by atoms with Crippen LogP contribution in [0, 0.1) is 0 Å². The Kier molecular flexibility index (Phi) is 3.32. The molecule has 3 unspecified atom stereocenters. The second-order valence-corrected chi connectivity index (χ2v) is 2.83. The van der Waals surface area contributed by atoms with Crippen molar-refractivity contribution in [3.05, 3.63) is 11.7 Å². The highest BCUT2D eigenvalue weighted by Gasteiger charge is 2.40. The summed E-state index contributed by atoms with van der Waals surface area (Å²) in [5.41, 5.74) is 0. The first-order valence-corrected chi connectivity index (χ1v) is 3.85. The predicted octanol–water partition coefficient (Wildman–Crippen LogP) is -2.53. The largest absolute Gasteiger partial charge is 0.488 e. The summed E-state index contributed by atoms with van der Waals surface area (Å²) in [6, 6.07) is 0. The highest BCUT2D eigenvalue weighted by atomic mass is 16.5. The molecule has 0 spiro atoms. The van der Waals surface area contributed by atoms with E-state index in [1.54, 1.807) is 0 Å². The average Bonchev–Trinajstić information content (AvgIpc) is 2.15.